The van der Waals surface area contributed by atoms with Gasteiger partial charge in [0.05, 0.1) is 18.1 Å². The molecule has 0 aliphatic rings. The first-order valence-electron chi connectivity index (χ1n) is 9.93. The zero-order chi connectivity index (χ0) is 18.8. The molecule has 0 radical (unpaired) electrons. The van der Waals surface area contributed by atoms with Crippen molar-refractivity contribution in [2.75, 3.05) is 6.61 Å². The molecule has 0 atom stereocenters. The molecule has 0 amide bonds. The summed E-state index contributed by atoms with van der Waals surface area (Å²) in [6.45, 7) is 2.71. The minimum absolute atomic E-state index is 0.0531. The Morgan fingerprint density at radius 2 is 1.08 bits per heavy atom. The molecule has 0 unspecified atom stereocenters. The number of rotatable bonds is 17. The minimum atomic E-state index is -0.376. The van der Waals surface area contributed by atoms with Crippen LogP contribution in [0, 0.1) is 0 Å². The van der Waals surface area contributed by atoms with Gasteiger partial charge < -0.3 is 4.74 Å². The van der Waals surface area contributed by atoms with Crippen molar-refractivity contribution in [1.82, 2.24) is 0 Å². The Kier molecular flexibility index (Phi) is 18.9. The van der Waals surface area contributed by atoms with Crippen LogP contribution in [0.15, 0.2) is 9.52 Å². The van der Waals surface area contributed by atoms with E-state index in [0.29, 0.717) is 6.61 Å². The third kappa shape index (κ3) is 18.7. The van der Waals surface area contributed by atoms with E-state index in [0.717, 1.165) is 12.8 Å². The van der Waals surface area contributed by atoms with Crippen molar-refractivity contribution in [1.29, 1.82) is 0 Å². The fourth-order valence-electron chi connectivity index (χ4n) is 2.73. The number of carbonyl (C=O) groups is 1. The molecule has 0 heterocycles. The molecule has 0 aromatic rings. The van der Waals surface area contributed by atoms with E-state index in [9.17, 15) is 4.79 Å². The van der Waals surface area contributed by atoms with Crippen LogP contribution in [0.1, 0.15) is 103 Å². The molecule has 0 aromatic carbocycles. The van der Waals surface area contributed by atoms with Gasteiger partial charge in [0.1, 0.15) is 4.49 Å². The van der Waals surface area contributed by atoms with Crippen molar-refractivity contribution in [2.24, 2.45) is 0 Å². The summed E-state index contributed by atoms with van der Waals surface area (Å²) in [5, 5.41) is 0.134. The number of ether oxygens (including phenoxy) is 1. The summed E-state index contributed by atoms with van der Waals surface area (Å²) in [5.74, 6) is -0.376. The van der Waals surface area contributed by atoms with Gasteiger partial charge in [0.25, 0.3) is 0 Å². The SMILES string of the molecule is CCCCCCCCCCCCCCCCOC(=O)CC(Cl)=C(Cl)Cl. The first-order valence-corrected chi connectivity index (χ1v) is 11.1. The van der Waals surface area contributed by atoms with Crippen molar-refractivity contribution in [3.63, 3.8) is 0 Å². The van der Waals surface area contributed by atoms with E-state index in [1.807, 2.05) is 0 Å². The molecule has 2 nitrogen and oxygen atoms in total. The summed E-state index contributed by atoms with van der Waals surface area (Å²) in [5.41, 5.74) is 0. The van der Waals surface area contributed by atoms with Crippen LogP contribution in [0.25, 0.3) is 0 Å². The normalized spacial score (nSPS) is 10.7. The standard InChI is InChI=1S/C20H35Cl3O2/c1-2-3-4-5-6-7-8-9-10-11-12-13-14-15-16-25-19(24)17-18(21)20(22)23/h2-17H2,1H3. The van der Waals surface area contributed by atoms with Gasteiger partial charge in [-0.1, -0.05) is 125 Å². The Morgan fingerprint density at radius 3 is 1.48 bits per heavy atom. The van der Waals surface area contributed by atoms with Gasteiger partial charge in [-0.3, -0.25) is 4.79 Å². The average molecular weight is 414 g/mol. The summed E-state index contributed by atoms with van der Waals surface area (Å²) < 4.78 is 5.02. The van der Waals surface area contributed by atoms with Gasteiger partial charge in [-0.25, -0.2) is 0 Å². The molecule has 5 heteroatoms. The molecule has 0 bridgehead atoms. The van der Waals surface area contributed by atoms with E-state index in [1.54, 1.807) is 0 Å². The summed E-state index contributed by atoms with van der Waals surface area (Å²) in [6.07, 6.45) is 18.3. The average Bonchev–Trinajstić information content (AvgIpc) is 2.58. The van der Waals surface area contributed by atoms with Crippen LogP contribution in [0.4, 0.5) is 0 Å². The van der Waals surface area contributed by atoms with Crippen LogP contribution in [-0.4, -0.2) is 12.6 Å². The van der Waals surface area contributed by atoms with Crippen LogP contribution < -0.4 is 0 Å². The van der Waals surface area contributed by atoms with Gasteiger partial charge in [-0.05, 0) is 6.42 Å². The smallest absolute Gasteiger partial charge is 0.311 e. The van der Waals surface area contributed by atoms with Gasteiger partial charge in [-0.15, -0.1) is 0 Å². The van der Waals surface area contributed by atoms with E-state index in [2.05, 4.69) is 6.92 Å². The third-order valence-electron chi connectivity index (χ3n) is 4.27. The molecule has 148 valence electrons. The number of esters is 1. The molecule has 0 saturated carbocycles. The Morgan fingerprint density at radius 1 is 0.680 bits per heavy atom. The third-order valence-corrected chi connectivity index (χ3v) is 5.24. The number of hydrogen-bond acceptors (Lipinski definition) is 2. The lowest BCUT2D eigenvalue weighted by Crippen LogP contribution is -2.05. The second-order valence-electron chi connectivity index (χ2n) is 6.66. The van der Waals surface area contributed by atoms with Crippen LogP contribution in [-0.2, 0) is 9.53 Å². The second kappa shape index (κ2) is 18.9. The molecule has 25 heavy (non-hydrogen) atoms. The highest BCUT2D eigenvalue weighted by Crippen LogP contribution is 2.21. The summed E-state index contributed by atoms with van der Waals surface area (Å²) in [7, 11) is 0. The maximum Gasteiger partial charge on any atom is 0.311 e. The zero-order valence-electron chi connectivity index (χ0n) is 15.8. The van der Waals surface area contributed by atoms with E-state index in [-0.39, 0.29) is 21.9 Å². The highest BCUT2D eigenvalue weighted by Gasteiger charge is 2.08. The van der Waals surface area contributed by atoms with Crippen LogP contribution in [0.2, 0.25) is 0 Å². The highest BCUT2D eigenvalue weighted by molar-refractivity contribution is 6.59. The zero-order valence-corrected chi connectivity index (χ0v) is 18.0. The predicted octanol–water partition coefficient (Wildman–Crippen LogP) is 8.29. The largest absolute Gasteiger partial charge is 0.465 e. The second-order valence-corrected chi connectivity index (χ2v) is 8.06. The van der Waals surface area contributed by atoms with Gasteiger partial charge in [0.2, 0.25) is 0 Å². The quantitative estimate of drug-likeness (QED) is 0.177. The van der Waals surface area contributed by atoms with Crippen molar-refractivity contribution in [3.05, 3.63) is 9.52 Å². The molecule has 0 aromatic heterocycles. The van der Waals surface area contributed by atoms with Crippen molar-refractivity contribution < 1.29 is 9.53 Å². The fourth-order valence-corrected chi connectivity index (χ4v) is 2.97. The van der Waals surface area contributed by atoms with Crippen LogP contribution in [0.3, 0.4) is 0 Å². The minimum Gasteiger partial charge on any atom is -0.465 e. The topological polar surface area (TPSA) is 26.3 Å². The number of hydrogen-bond donors (Lipinski definition) is 0. The number of carbonyl (C=O) groups excluding carboxylic acids is 1. The van der Waals surface area contributed by atoms with E-state index >= 15 is 0 Å². The lowest BCUT2D eigenvalue weighted by atomic mass is 10.0. The van der Waals surface area contributed by atoms with Crippen molar-refractivity contribution >= 4 is 40.8 Å². The fraction of sp³-hybridized carbons (Fsp3) is 0.850. The predicted molar refractivity (Wildman–Crippen MR) is 110 cm³/mol. The molecular formula is C20H35Cl3O2. The summed E-state index contributed by atoms with van der Waals surface area (Å²) in [4.78, 5) is 11.4. The maximum atomic E-state index is 11.4. The van der Waals surface area contributed by atoms with Crippen LogP contribution >= 0.6 is 34.8 Å². The van der Waals surface area contributed by atoms with E-state index in [4.69, 9.17) is 39.5 Å². The van der Waals surface area contributed by atoms with E-state index in [1.165, 1.54) is 77.0 Å². The van der Waals surface area contributed by atoms with E-state index < -0.39 is 0 Å². The lowest BCUT2D eigenvalue weighted by molar-refractivity contribution is -0.142. The van der Waals surface area contributed by atoms with Crippen molar-refractivity contribution in [3.8, 4) is 0 Å². The highest BCUT2D eigenvalue weighted by atomic mass is 35.5. The van der Waals surface area contributed by atoms with Crippen LogP contribution in [0.5, 0.6) is 0 Å². The molecule has 0 spiro atoms. The lowest BCUT2D eigenvalue weighted by Gasteiger charge is -2.05. The molecular weight excluding hydrogens is 379 g/mol. The van der Waals surface area contributed by atoms with Gasteiger partial charge >= 0.3 is 5.97 Å². The maximum absolute atomic E-state index is 11.4. The Balaban J connectivity index is 3.21. The molecule has 0 aliphatic carbocycles. The Labute approximate surface area is 169 Å². The first-order chi connectivity index (χ1) is 12.1. The Hall–Kier alpha value is 0.0800. The Bertz CT molecular complexity index is 353. The van der Waals surface area contributed by atoms with Gasteiger partial charge in [-0.2, -0.15) is 0 Å². The summed E-state index contributed by atoms with van der Waals surface area (Å²) in [6, 6.07) is 0. The molecule has 0 N–H and O–H groups in total. The summed E-state index contributed by atoms with van der Waals surface area (Å²) >= 11 is 16.6. The van der Waals surface area contributed by atoms with Crippen molar-refractivity contribution in [2.45, 2.75) is 103 Å². The molecule has 0 fully saturated rings. The molecule has 0 saturated heterocycles. The monoisotopic (exact) mass is 412 g/mol. The first kappa shape index (κ1) is 25.1. The molecule has 0 rings (SSSR count). The number of unbranched alkanes of at least 4 members (excludes halogenated alkanes) is 13. The van der Waals surface area contributed by atoms with Gasteiger partial charge in [0, 0.05) is 0 Å². The molecule has 0 aliphatic heterocycles. The van der Waals surface area contributed by atoms with Gasteiger partial charge in [0.15, 0.2) is 0 Å². The number of halogens is 3.